The number of phenolic OH excluding ortho intramolecular Hbond substituents is 1. The number of nitrogens with zero attached hydrogens (tertiary/aromatic N) is 2. The maximum Gasteiger partial charge on any atom is 0.145 e. The van der Waals surface area contributed by atoms with Gasteiger partial charge in [-0.25, -0.2) is 0 Å². The normalized spacial score (nSPS) is 10.6. The van der Waals surface area contributed by atoms with Gasteiger partial charge < -0.3 is 38.3 Å². The quantitative estimate of drug-likeness (QED) is 0.0496. The zero-order chi connectivity index (χ0) is 56.6. The lowest BCUT2D eigenvalue weighted by Crippen LogP contribution is -2.08. The molecule has 0 aliphatic heterocycles. The summed E-state index contributed by atoms with van der Waals surface area (Å²) in [6.07, 6.45) is 6.54. The second kappa shape index (κ2) is 30.6. The van der Waals surface area contributed by atoms with E-state index in [1.54, 1.807) is 46.9 Å². The fraction of sp³-hybridized carbons (Fsp3) is 0.246. The van der Waals surface area contributed by atoms with E-state index in [4.69, 9.17) is 33.2 Å². The second-order valence-corrected chi connectivity index (χ2v) is 20.5. The van der Waals surface area contributed by atoms with Crippen molar-refractivity contribution in [3.05, 3.63) is 212 Å². The van der Waals surface area contributed by atoms with Gasteiger partial charge in [0.2, 0.25) is 0 Å². The zero-order valence-corrected chi connectivity index (χ0v) is 48.1. The Balaban J connectivity index is 0.000000216. The highest BCUT2D eigenvalue weighted by molar-refractivity contribution is 7.08. The van der Waals surface area contributed by atoms with E-state index in [9.17, 15) is 15.6 Å². The number of hydrogen-bond acceptors (Lipinski definition) is 12. The molecule has 0 atom stereocenters. The number of ether oxygens (including phenoxy) is 7. The summed E-state index contributed by atoms with van der Waals surface area (Å²) < 4.78 is 43.4. The molecule has 9 rings (SSSR count). The first-order valence-corrected chi connectivity index (χ1v) is 29.6. The van der Waals surface area contributed by atoms with Gasteiger partial charge in [0.05, 0.1) is 37.6 Å². The van der Waals surface area contributed by atoms with Gasteiger partial charge in [-0.1, -0.05) is 107 Å². The average molecular weight is 1120 g/mol. The first-order chi connectivity index (χ1) is 39.8. The molecule has 0 fully saturated rings. The summed E-state index contributed by atoms with van der Waals surface area (Å²) in [4.78, 5) is 0. The van der Waals surface area contributed by atoms with Crippen molar-refractivity contribution in [1.29, 1.82) is 10.5 Å². The minimum Gasteiger partial charge on any atom is -0.507 e. The van der Waals surface area contributed by atoms with Crippen molar-refractivity contribution in [2.45, 2.75) is 85.7 Å². The SMILES string of the molecule is CCCc1c(OCCCOc2cc(O)c(-c3ccsc3)cc2CC)cccc1Oc1ccccc1C#N.CCCc1c(OCCCOc2cc(OCc3ccccc3)c(-c3ccsc3)cc2CC)cccc1Oc1ccccc1C#N. The van der Waals surface area contributed by atoms with Crippen LogP contribution in [0.1, 0.15) is 92.3 Å². The Bertz CT molecular complexity index is 3490. The second-order valence-electron chi connectivity index (χ2n) is 18.9. The average Bonchev–Trinajstić information content (AvgIpc) is 4.35. The summed E-state index contributed by atoms with van der Waals surface area (Å²) in [5, 5.41) is 37.7. The van der Waals surface area contributed by atoms with Gasteiger partial charge in [-0.2, -0.15) is 33.2 Å². The minimum atomic E-state index is 0.223. The van der Waals surface area contributed by atoms with E-state index in [2.05, 4.69) is 74.9 Å². The lowest BCUT2D eigenvalue weighted by molar-refractivity contribution is 0.243. The Hall–Kier alpha value is -8.68. The molecule has 0 spiro atoms. The first-order valence-electron chi connectivity index (χ1n) is 27.7. The van der Waals surface area contributed by atoms with Gasteiger partial charge in [0.1, 0.15) is 76.2 Å². The van der Waals surface area contributed by atoms with E-state index in [-0.39, 0.29) is 5.75 Å². The fourth-order valence-corrected chi connectivity index (χ4v) is 10.4. The topological polar surface area (TPSA) is 132 Å². The highest BCUT2D eigenvalue weighted by Crippen LogP contribution is 2.41. The molecule has 1 N–H and O–H groups in total. The van der Waals surface area contributed by atoms with Crippen LogP contribution >= 0.6 is 22.7 Å². The number of nitriles is 2. The summed E-state index contributed by atoms with van der Waals surface area (Å²) >= 11 is 3.29. The van der Waals surface area contributed by atoms with Crippen LogP contribution in [0.15, 0.2) is 173 Å². The predicted octanol–water partition coefficient (Wildman–Crippen LogP) is 18.2. The van der Waals surface area contributed by atoms with Crippen molar-refractivity contribution < 1.29 is 38.3 Å². The third kappa shape index (κ3) is 16.0. The molecule has 0 aliphatic carbocycles. The summed E-state index contributed by atoms with van der Waals surface area (Å²) in [7, 11) is 0. The number of benzene rings is 7. The van der Waals surface area contributed by atoms with E-state index in [0.717, 1.165) is 112 Å². The highest BCUT2D eigenvalue weighted by atomic mass is 32.1. The van der Waals surface area contributed by atoms with Gasteiger partial charge >= 0.3 is 0 Å². The van der Waals surface area contributed by atoms with Crippen molar-refractivity contribution in [2.75, 3.05) is 26.4 Å². The van der Waals surface area contributed by atoms with Crippen molar-refractivity contribution >= 4 is 22.7 Å². The van der Waals surface area contributed by atoms with Crippen LogP contribution in [-0.2, 0) is 32.3 Å². The minimum absolute atomic E-state index is 0.223. The van der Waals surface area contributed by atoms with Gasteiger partial charge in [0.15, 0.2) is 0 Å². The molecule has 81 heavy (non-hydrogen) atoms. The lowest BCUT2D eigenvalue weighted by Gasteiger charge is -2.18. The number of aromatic hydroxyl groups is 1. The molecule has 0 bridgehead atoms. The van der Waals surface area contributed by atoms with Crippen LogP contribution < -0.4 is 33.2 Å². The third-order valence-corrected chi connectivity index (χ3v) is 14.6. The maximum atomic E-state index is 10.6. The van der Waals surface area contributed by atoms with Crippen molar-refractivity contribution in [1.82, 2.24) is 0 Å². The van der Waals surface area contributed by atoms with Gasteiger partial charge in [-0.05, 0) is 148 Å². The van der Waals surface area contributed by atoms with Crippen LogP contribution in [0, 0.1) is 22.7 Å². The van der Waals surface area contributed by atoms with Crippen molar-refractivity contribution in [3.8, 4) is 91.9 Å². The Morgan fingerprint density at radius 3 is 1.36 bits per heavy atom. The first kappa shape index (κ1) is 58.5. The van der Waals surface area contributed by atoms with Gasteiger partial charge in [0.25, 0.3) is 0 Å². The van der Waals surface area contributed by atoms with Crippen molar-refractivity contribution in [2.24, 2.45) is 0 Å². The standard InChI is InChI=1S/C38H37NO4S.C31H31NO4S/c1-3-12-32-35(17-10-18-36(32)43-34-16-9-8-15-30(34)25-39)40-20-11-21-41-37-24-38(42-26-28-13-6-5-7-14-28)33(23-29(37)4-2)31-19-22-44-27-31;1-3-9-25-29(12-7-13-30(25)36-28-11-6-5-10-23(28)20-32)34-15-8-16-35-31-19-27(33)26(18-22(31)4-2)24-14-17-37-21-24/h5-10,13-19,22-24,27H,3-4,11-12,20-21,26H2,1-2H3;5-7,10-14,17-19,21,33H,3-4,8-9,15-16H2,1-2H3. The van der Waals surface area contributed by atoms with Crippen LogP contribution in [0.2, 0.25) is 0 Å². The number of aryl methyl sites for hydroxylation is 2. The molecule has 2 aromatic heterocycles. The molecule has 0 saturated heterocycles. The third-order valence-electron chi connectivity index (χ3n) is 13.2. The van der Waals surface area contributed by atoms with Crippen LogP contribution in [0.3, 0.4) is 0 Å². The molecule has 12 heteroatoms. The predicted molar refractivity (Wildman–Crippen MR) is 325 cm³/mol. The van der Waals surface area contributed by atoms with Crippen LogP contribution in [-0.4, -0.2) is 31.5 Å². The molecule has 0 saturated carbocycles. The van der Waals surface area contributed by atoms with E-state index in [1.807, 2.05) is 114 Å². The van der Waals surface area contributed by atoms with E-state index < -0.39 is 0 Å². The molecule has 10 nitrogen and oxygen atoms in total. The van der Waals surface area contributed by atoms with E-state index in [1.165, 1.54) is 0 Å². The molecule has 2 heterocycles. The molecule has 0 amide bonds. The summed E-state index contributed by atoms with van der Waals surface area (Å²) in [6.45, 7) is 10.9. The Kier molecular flexibility index (Phi) is 22.1. The summed E-state index contributed by atoms with van der Waals surface area (Å²) in [5.41, 5.74) is 10.4. The molecular formula is C69H68N2O8S2. The van der Waals surface area contributed by atoms with Gasteiger partial charge in [-0.15, -0.1) is 0 Å². The van der Waals surface area contributed by atoms with Crippen LogP contribution in [0.5, 0.6) is 57.5 Å². The van der Waals surface area contributed by atoms with Gasteiger partial charge in [0, 0.05) is 47.2 Å². The zero-order valence-electron chi connectivity index (χ0n) is 46.5. The molecular weight excluding hydrogens is 1050 g/mol. The van der Waals surface area contributed by atoms with Crippen LogP contribution in [0.25, 0.3) is 22.3 Å². The summed E-state index contributed by atoms with van der Waals surface area (Å²) in [5.74, 6) is 6.65. The Morgan fingerprint density at radius 1 is 0.432 bits per heavy atom. The molecule has 0 unspecified atom stereocenters. The largest absolute Gasteiger partial charge is 0.507 e. The highest BCUT2D eigenvalue weighted by Gasteiger charge is 2.18. The Morgan fingerprint density at radius 2 is 0.877 bits per heavy atom. The molecule has 7 aromatic carbocycles. The summed E-state index contributed by atoms with van der Waals surface area (Å²) in [6, 6.07) is 52.8. The van der Waals surface area contributed by atoms with E-state index >= 15 is 0 Å². The maximum absolute atomic E-state index is 10.6. The number of thiophene rings is 2. The molecule has 9 aromatic rings. The molecule has 0 aliphatic rings. The monoisotopic (exact) mass is 1120 g/mol. The number of para-hydroxylation sites is 2. The molecule has 414 valence electrons. The van der Waals surface area contributed by atoms with E-state index in [0.29, 0.717) is 85.8 Å². The fourth-order valence-electron chi connectivity index (χ4n) is 9.11. The Labute approximate surface area is 484 Å². The smallest absolute Gasteiger partial charge is 0.145 e. The number of hydrogen-bond donors (Lipinski definition) is 1. The van der Waals surface area contributed by atoms with Gasteiger partial charge in [-0.3, -0.25) is 0 Å². The van der Waals surface area contributed by atoms with Crippen molar-refractivity contribution in [3.63, 3.8) is 0 Å². The number of rotatable bonds is 27. The lowest BCUT2D eigenvalue weighted by atomic mass is 10.0. The molecule has 0 radical (unpaired) electrons. The number of phenols is 1. The van der Waals surface area contributed by atoms with Crippen LogP contribution in [0.4, 0.5) is 0 Å².